The number of hydrogen-bond donors (Lipinski definition) is 2. The van der Waals surface area contributed by atoms with E-state index in [4.69, 9.17) is 5.73 Å². The van der Waals surface area contributed by atoms with Gasteiger partial charge >= 0.3 is 0 Å². The van der Waals surface area contributed by atoms with Gasteiger partial charge in [-0.1, -0.05) is 6.07 Å². The summed E-state index contributed by atoms with van der Waals surface area (Å²) in [5.74, 6) is 0.976. The summed E-state index contributed by atoms with van der Waals surface area (Å²) >= 11 is 0. The Bertz CT molecular complexity index is 622. The van der Waals surface area contributed by atoms with Crippen molar-refractivity contribution in [2.75, 3.05) is 24.1 Å². The Hall–Kier alpha value is -2.34. The van der Waals surface area contributed by atoms with Gasteiger partial charge in [-0.2, -0.15) is 0 Å². The zero-order valence-corrected chi connectivity index (χ0v) is 11.1. The summed E-state index contributed by atoms with van der Waals surface area (Å²) < 4.78 is 2.12. The molecule has 0 saturated heterocycles. The van der Waals surface area contributed by atoms with Crippen LogP contribution in [0, 0.1) is 0 Å². The third-order valence-corrected chi connectivity index (χ3v) is 3.36. The Morgan fingerprint density at radius 1 is 1.40 bits per heavy atom. The molecule has 0 radical (unpaired) electrons. The van der Waals surface area contributed by atoms with Gasteiger partial charge in [-0.05, 0) is 18.2 Å². The van der Waals surface area contributed by atoms with E-state index in [2.05, 4.69) is 19.8 Å². The van der Waals surface area contributed by atoms with Crippen LogP contribution in [0.2, 0.25) is 0 Å². The average molecular weight is 271 g/mol. The van der Waals surface area contributed by atoms with Crippen LogP contribution in [0.5, 0.6) is 0 Å². The number of nitrogens with one attached hydrogen (secondary N) is 1. The molecular weight excluding hydrogens is 254 g/mol. The number of nitrogen functional groups attached to an aromatic ring is 1. The lowest BCUT2D eigenvalue weighted by atomic mass is 10.3. The Morgan fingerprint density at radius 3 is 3.15 bits per heavy atom. The van der Waals surface area contributed by atoms with Crippen molar-refractivity contribution in [3.05, 3.63) is 42.5 Å². The van der Waals surface area contributed by atoms with Crippen molar-refractivity contribution in [3.63, 3.8) is 0 Å². The molecule has 0 bridgehead atoms. The van der Waals surface area contributed by atoms with Gasteiger partial charge in [0.1, 0.15) is 5.82 Å². The predicted octanol–water partition coefficient (Wildman–Crippen LogP) is 0.920. The minimum absolute atomic E-state index is 0.0318. The molecule has 2 aromatic rings. The summed E-state index contributed by atoms with van der Waals surface area (Å²) in [6.07, 6.45) is 3.77. The molecular formula is C14H17N5O. The minimum atomic E-state index is -0.0318. The van der Waals surface area contributed by atoms with Crippen molar-refractivity contribution in [1.82, 2.24) is 14.5 Å². The standard InChI is InChI=1S/C14H17N5O/c15-11-2-1-3-12(8-11)17-14(20)10-18-6-7-19-5-4-16-13(19)9-18/h1-5,8H,6-7,9-10,15H2,(H,17,20). The van der Waals surface area contributed by atoms with Gasteiger partial charge in [0.05, 0.1) is 13.1 Å². The molecule has 2 heterocycles. The maximum atomic E-state index is 12.0. The number of carbonyl (C=O) groups is 1. The molecule has 0 atom stereocenters. The van der Waals surface area contributed by atoms with Crippen LogP contribution in [0.4, 0.5) is 11.4 Å². The number of fused-ring (bicyclic) bond motifs is 1. The molecule has 0 saturated carbocycles. The SMILES string of the molecule is Nc1cccc(NC(=O)CN2CCn3ccnc3C2)c1. The Balaban J connectivity index is 1.57. The number of carbonyl (C=O) groups excluding carboxylic acids is 1. The highest BCUT2D eigenvalue weighted by Crippen LogP contribution is 2.13. The summed E-state index contributed by atoms with van der Waals surface area (Å²) in [5, 5.41) is 2.86. The van der Waals surface area contributed by atoms with E-state index in [-0.39, 0.29) is 5.91 Å². The van der Waals surface area contributed by atoms with Crippen molar-refractivity contribution in [1.29, 1.82) is 0 Å². The highest BCUT2D eigenvalue weighted by molar-refractivity contribution is 5.92. The van der Waals surface area contributed by atoms with E-state index in [0.717, 1.165) is 24.6 Å². The Kier molecular flexibility index (Phi) is 3.39. The van der Waals surface area contributed by atoms with E-state index >= 15 is 0 Å². The predicted molar refractivity (Wildman–Crippen MR) is 77.0 cm³/mol. The fourth-order valence-electron chi connectivity index (χ4n) is 2.38. The number of nitrogens with zero attached hydrogens (tertiary/aromatic N) is 3. The molecule has 104 valence electrons. The van der Waals surface area contributed by atoms with Crippen LogP contribution in [0.1, 0.15) is 5.82 Å². The Morgan fingerprint density at radius 2 is 2.30 bits per heavy atom. The molecule has 3 rings (SSSR count). The summed E-state index contributed by atoms with van der Waals surface area (Å²) in [6, 6.07) is 7.20. The van der Waals surface area contributed by atoms with Gasteiger partial charge in [-0.15, -0.1) is 0 Å². The monoisotopic (exact) mass is 271 g/mol. The van der Waals surface area contributed by atoms with Crippen LogP contribution < -0.4 is 11.1 Å². The van der Waals surface area contributed by atoms with Crippen LogP contribution in [-0.2, 0) is 17.9 Å². The first-order valence-electron chi connectivity index (χ1n) is 6.58. The topological polar surface area (TPSA) is 76.2 Å². The quantitative estimate of drug-likeness (QED) is 0.814. The molecule has 1 aromatic carbocycles. The molecule has 3 N–H and O–H groups in total. The van der Waals surface area contributed by atoms with Crippen molar-refractivity contribution < 1.29 is 4.79 Å². The van der Waals surface area contributed by atoms with Crippen molar-refractivity contribution in [2.45, 2.75) is 13.1 Å². The number of nitrogens with two attached hydrogens (primary N) is 1. The summed E-state index contributed by atoms with van der Waals surface area (Å²) in [6.45, 7) is 2.80. The van der Waals surface area contributed by atoms with Gasteiger partial charge < -0.3 is 15.6 Å². The lowest BCUT2D eigenvalue weighted by molar-refractivity contribution is -0.117. The van der Waals surface area contributed by atoms with Crippen molar-refractivity contribution in [2.24, 2.45) is 0 Å². The number of aromatic nitrogens is 2. The molecule has 0 spiro atoms. The molecule has 1 aliphatic rings. The van der Waals surface area contributed by atoms with Gasteiger partial charge in [0.15, 0.2) is 0 Å². The molecule has 1 aromatic heterocycles. The molecule has 1 aliphatic heterocycles. The molecule has 0 unspecified atom stereocenters. The van der Waals surface area contributed by atoms with E-state index in [1.807, 2.05) is 18.3 Å². The molecule has 1 amide bonds. The zero-order chi connectivity index (χ0) is 13.9. The Labute approximate surface area is 117 Å². The second-order valence-corrected chi connectivity index (χ2v) is 4.92. The lowest BCUT2D eigenvalue weighted by Gasteiger charge is -2.26. The number of amides is 1. The average Bonchev–Trinajstić information content (AvgIpc) is 2.86. The second-order valence-electron chi connectivity index (χ2n) is 4.92. The highest BCUT2D eigenvalue weighted by atomic mass is 16.2. The van der Waals surface area contributed by atoms with Crippen LogP contribution in [0.25, 0.3) is 0 Å². The first-order valence-corrected chi connectivity index (χ1v) is 6.58. The number of anilines is 2. The minimum Gasteiger partial charge on any atom is -0.399 e. The largest absolute Gasteiger partial charge is 0.399 e. The smallest absolute Gasteiger partial charge is 0.238 e. The third kappa shape index (κ3) is 2.80. The molecule has 0 aliphatic carbocycles. The number of benzene rings is 1. The molecule has 20 heavy (non-hydrogen) atoms. The number of hydrogen-bond acceptors (Lipinski definition) is 4. The van der Waals surface area contributed by atoms with Gasteiger partial charge in [0.25, 0.3) is 0 Å². The van der Waals surface area contributed by atoms with E-state index in [1.54, 1.807) is 18.3 Å². The van der Waals surface area contributed by atoms with Gasteiger partial charge in [-0.3, -0.25) is 9.69 Å². The first-order chi connectivity index (χ1) is 9.70. The fraction of sp³-hybridized carbons (Fsp3) is 0.286. The number of imidazole rings is 1. The van der Waals surface area contributed by atoms with Crippen molar-refractivity contribution in [3.8, 4) is 0 Å². The molecule has 6 heteroatoms. The van der Waals surface area contributed by atoms with Gasteiger partial charge in [0.2, 0.25) is 5.91 Å². The number of rotatable bonds is 3. The highest BCUT2D eigenvalue weighted by Gasteiger charge is 2.18. The first kappa shape index (κ1) is 12.7. The van der Waals surface area contributed by atoms with Crippen LogP contribution in [-0.4, -0.2) is 33.4 Å². The summed E-state index contributed by atoms with van der Waals surface area (Å²) in [7, 11) is 0. The maximum Gasteiger partial charge on any atom is 0.238 e. The van der Waals surface area contributed by atoms with E-state index < -0.39 is 0 Å². The van der Waals surface area contributed by atoms with Crippen LogP contribution >= 0.6 is 0 Å². The van der Waals surface area contributed by atoms with E-state index in [9.17, 15) is 4.79 Å². The van der Waals surface area contributed by atoms with Gasteiger partial charge in [0, 0.05) is 36.9 Å². The van der Waals surface area contributed by atoms with Crippen molar-refractivity contribution >= 4 is 17.3 Å². The molecule has 0 fully saturated rings. The third-order valence-electron chi connectivity index (χ3n) is 3.36. The lowest BCUT2D eigenvalue weighted by Crippen LogP contribution is -2.39. The fourth-order valence-corrected chi connectivity index (χ4v) is 2.38. The molecule has 6 nitrogen and oxygen atoms in total. The van der Waals surface area contributed by atoms with Gasteiger partial charge in [-0.25, -0.2) is 4.98 Å². The second kappa shape index (κ2) is 5.34. The zero-order valence-electron chi connectivity index (χ0n) is 11.1. The van der Waals surface area contributed by atoms with Crippen LogP contribution in [0.15, 0.2) is 36.7 Å². The summed E-state index contributed by atoms with van der Waals surface area (Å²) in [4.78, 5) is 18.4. The van der Waals surface area contributed by atoms with Crippen LogP contribution in [0.3, 0.4) is 0 Å². The van der Waals surface area contributed by atoms with E-state index in [1.165, 1.54) is 0 Å². The summed E-state index contributed by atoms with van der Waals surface area (Å²) in [5.41, 5.74) is 7.06. The normalized spacial score (nSPS) is 14.8. The van der Waals surface area contributed by atoms with E-state index in [0.29, 0.717) is 18.8 Å². The maximum absolute atomic E-state index is 12.0.